The third kappa shape index (κ3) is 6.50. The van der Waals surface area contributed by atoms with Gasteiger partial charge in [0, 0.05) is 13.0 Å². The predicted molar refractivity (Wildman–Crippen MR) is 87.8 cm³/mol. The highest BCUT2D eigenvalue weighted by Gasteiger charge is 2.12. The SMILES string of the molecule is O=C(CCC(O)CNC(=O)Oc1ccccc1)Oc1ccccc1. The Morgan fingerprint density at radius 2 is 1.46 bits per heavy atom. The summed E-state index contributed by atoms with van der Waals surface area (Å²) in [6, 6.07) is 17.3. The van der Waals surface area contributed by atoms with E-state index in [9.17, 15) is 14.7 Å². The van der Waals surface area contributed by atoms with Gasteiger partial charge >= 0.3 is 12.1 Å². The summed E-state index contributed by atoms with van der Waals surface area (Å²) < 4.78 is 10.1. The molecule has 2 rings (SSSR count). The van der Waals surface area contributed by atoms with E-state index in [1.54, 1.807) is 48.5 Å². The van der Waals surface area contributed by atoms with Crippen molar-refractivity contribution in [3.8, 4) is 11.5 Å². The van der Waals surface area contributed by atoms with Crippen molar-refractivity contribution in [2.24, 2.45) is 0 Å². The largest absolute Gasteiger partial charge is 0.427 e. The molecule has 0 aromatic heterocycles. The van der Waals surface area contributed by atoms with Crippen LogP contribution >= 0.6 is 0 Å². The second-order valence-electron chi connectivity index (χ2n) is 5.06. The lowest BCUT2D eigenvalue weighted by Crippen LogP contribution is -2.34. The fourth-order valence-corrected chi connectivity index (χ4v) is 1.89. The van der Waals surface area contributed by atoms with Crippen LogP contribution in [0.3, 0.4) is 0 Å². The van der Waals surface area contributed by atoms with Crippen LogP contribution in [0.4, 0.5) is 4.79 Å². The van der Waals surface area contributed by atoms with Gasteiger partial charge in [-0.2, -0.15) is 0 Å². The number of hydrogen-bond acceptors (Lipinski definition) is 5. The quantitative estimate of drug-likeness (QED) is 0.602. The van der Waals surface area contributed by atoms with Crippen LogP contribution < -0.4 is 14.8 Å². The highest BCUT2D eigenvalue weighted by atomic mass is 16.6. The number of carbonyl (C=O) groups excluding carboxylic acids is 2. The lowest BCUT2D eigenvalue weighted by molar-refractivity contribution is -0.135. The summed E-state index contributed by atoms with van der Waals surface area (Å²) in [5, 5.41) is 12.2. The van der Waals surface area contributed by atoms with E-state index >= 15 is 0 Å². The number of aliphatic hydroxyl groups excluding tert-OH is 1. The fourth-order valence-electron chi connectivity index (χ4n) is 1.89. The lowest BCUT2D eigenvalue weighted by Gasteiger charge is -2.11. The second-order valence-corrected chi connectivity index (χ2v) is 5.06. The summed E-state index contributed by atoms with van der Waals surface area (Å²) in [5.41, 5.74) is 0. The van der Waals surface area contributed by atoms with Crippen molar-refractivity contribution in [2.75, 3.05) is 6.54 Å². The molecule has 0 aliphatic heterocycles. The molecular formula is C18H19NO5. The van der Waals surface area contributed by atoms with Crippen molar-refractivity contribution in [1.82, 2.24) is 5.32 Å². The zero-order valence-corrected chi connectivity index (χ0v) is 13.1. The van der Waals surface area contributed by atoms with E-state index in [1.165, 1.54) is 0 Å². The number of carbonyl (C=O) groups is 2. The number of para-hydroxylation sites is 2. The summed E-state index contributed by atoms with van der Waals surface area (Å²) in [4.78, 5) is 23.2. The fraction of sp³-hybridized carbons (Fsp3) is 0.222. The van der Waals surface area contributed by atoms with Crippen molar-refractivity contribution in [3.05, 3.63) is 60.7 Å². The number of rotatable bonds is 7. The maximum absolute atomic E-state index is 11.7. The molecule has 126 valence electrons. The molecule has 0 aliphatic carbocycles. The Hall–Kier alpha value is -2.86. The van der Waals surface area contributed by atoms with Gasteiger partial charge < -0.3 is 19.9 Å². The van der Waals surface area contributed by atoms with Crippen molar-refractivity contribution >= 4 is 12.1 Å². The molecule has 0 bridgehead atoms. The standard InChI is InChI=1S/C18H19NO5/c20-14(11-12-17(21)23-15-7-3-1-4-8-15)13-19-18(22)24-16-9-5-2-6-10-16/h1-10,14,20H,11-13H2,(H,19,22). The van der Waals surface area contributed by atoms with Crippen LogP contribution in [0.5, 0.6) is 11.5 Å². The van der Waals surface area contributed by atoms with Gasteiger partial charge in [0.25, 0.3) is 0 Å². The Morgan fingerprint density at radius 1 is 0.917 bits per heavy atom. The average Bonchev–Trinajstić information content (AvgIpc) is 2.60. The summed E-state index contributed by atoms with van der Waals surface area (Å²) in [5.74, 6) is 0.435. The van der Waals surface area contributed by atoms with Crippen molar-refractivity contribution in [1.29, 1.82) is 0 Å². The van der Waals surface area contributed by atoms with E-state index in [2.05, 4.69) is 5.32 Å². The summed E-state index contributed by atoms with van der Waals surface area (Å²) >= 11 is 0. The topological polar surface area (TPSA) is 84.9 Å². The zero-order chi connectivity index (χ0) is 17.2. The molecule has 1 atom stereocenters. The smallest absolute Gasteiger partial charge is 0.412 e. The second kappa shape index (κ2) is 9.32. The first kappa shape index (κ1) is 17.5. The van der Waals surface area contributed by atoms with E-state index in [0.717, 1.165) is 0 Å². The highest BCUT2D eigenvalue weighted by Crippen LogP contribution is 2.10. The molecule has 0 fully saturated rings. The van der Waals surface area contributed by atoms with Crippen LogP contribution in [-0.2, 0) is 4.79 Å². The number of esters is 1. The number of aliphatic hydroxyl groups is 1. The van der Waals surface area contributed by atoms with Crippen molar-refractivity contribution in [2.45, 2.75) is 18.9 Å². The van der Waals surface area contributed by atoms with E-state index < -0.39 is 18.2 Å². The van der Waals surface area contributed by atoms with Crippen LogP contribution in [0.2, 0.25) is 0 Å². The van der Waals surface area contributed by atoms with Crippen molar-refractivity contribution in [3.63, 3.8) is 0 Å². The molecule has 0 saturated carbocycles. The van der Waals surface area contributed by atoms with Gasteiger partial charge in [-0.25, -0.2) is 4.79 Å². The van der Waals surface area contributed by atoms with Gasteiger partial charge in [-0.15, -0.1) is 0 Å². The molecule has 0 spiro atoms. The molecule has 1 amide bonds. The number of hydrogen-bond donors (Lipinski definition) is 2. The van der Waals surface area contributed by atoms with E-state index in [0.29, 0.717) is 11.5 Å². The van der Waals surface area contributed by atoms with Crippen LogP contribution in [0.25, 0.3) is 0 Å². The third-order valence-corrected chi connectivity index (χ3v) is 3.09. The van der Waals surface area contributed by atoms with Gasteiger partial charge in [0.2, 0.25) is 0 Å². The first-order valence-electron chi connectivity index (χ1n) is 7.58. The predicted octanol–water partition coefficient (Wildman–Crippen LogP) is 2.52. The minimum Gasteiger partial charge on any atom is -0.427 e. The Morgan fingerprint density at radius 3 is 2.04 bits per heavy atom. The maximum Gasteiger partial charge on any atom is 0.412 e. The molecule has 2 N–H and O–H groups in total. The Bertz CT molecular complexity index is 587. The molecule has 6 heteroatoms. The molecule has 2 aromatic carbocycles. The van der Waals surface area contributed by atoms with Crippen LogP contribution in [0.1, 0.15) is 12.8 Å². The van der Waals surface area contributed by atoms with Gasteiger partial charge in [-0.1, -0.05) is 36.4 Å². The van der Waals surface area contributed by atoms with Crippen LogP contribution in [0.15, 0.2) is 60.7 Å². The van der Waals surface area contributed by atoms with E-state index in [-0.39, 0.29) is 19.4 Å². The summed E-state index contributed by atoms with van der Waals surface area (Å²) in [6.07, 6.45) is -1.30. The first-order chi connectivity index (χ1) is 11.6. The highest BCUT2D eigenvalue weighted by molar-refractivity contribution is 5.72. The molecule has 0 radical (unpaired) electrons. The Kier molecular flexibility index (Phi) is 6.79. The molecule has 24 heavy (non-hydrogen) atoms. The van der Waals surface area contributed by atoms with Gasteiger partial charge in [-0.3, -0.25) is 4.79 Å². The molecule has 0 aliphatic rings. The number of benzene rings is 2. The molecule has 1 unspecified atom stereocenters. The first-order valence-corrected chi connectivity index (χ1v) is 7.58. The van der Waals surface area contributed by atoms with Gasteiger partial charge in [0.05, 0.1) is 6.10 Å². The Labute approximate surface area is 140 Å². The third-order valence-electron chi connectivity index (χ3n) is 3.09. The lowest BCUT2D eigenvalue weighted by atomic mass is 10.2. The molecule has 2 aromatic rings. The summed E-state index contributed by atoms with van der Waals surface area (Å²) in [7, 11) is 0. The Balaban J connectivity index is 1.63. The number of ether oxygens (including phenoxy) is 2. The molecule has 6 nitrogen and oxygen atoms in total. The zero-order valence-electron chi connectivity index (χ0n) is 13.1. The van der Waals surface area contributed by atoms with Gasteiger partial charge in [0.15, 0.2) is 0 Å². The van der Waals surface area contributed by atoms with E-state index in [4.69, 9.17) is 9.47 Å². The molecule has 0 heterocycles. The molecular weight excluding hydrogens is 310 g/mol. The van der Waals surface area contributed by atoms with Gasteiger partial charge in [-0.05, 0) is 30.7 Å². The minimum atomic E-state index is -0.864. The monoisotopic (exact) mass is 329 g/mol. The van der Waals surface area contributed by atoms with Crippen molar-refractivity contribution < 1.29 is 24.2 Å². The number of amides is 1. The van der Waals surface area contributed by atoms with Crippen LogP contribution in [-0.4, -0.2) is 29.8 Å². The maximum atomic E-state index is 11.7. The van der Waals surface area contributed by atoms with E-state index in [1.807, 2.05) is 12.1 Å². The summed E-state index contributed by atoms with van der Waals surface area (Å²) in [6.45, 7) is -0.00964. The van der Waals surface area contributed by atoms with Gasteiger partial charge in [0.1, 0.15) is 11.5 Å². The number of nitrogens with one attached hydrogen (secondary N) is 1. The van der Waals surface area contributed by atoms with Crippen LogP contribution in [0, 0.1) is 0 Å². The average molecular weight is 329 g/mol. The minimum absolute atomic E-state index is 0.00964. The molecule has 0 saturated heterocycles. The normalized spacial score (nSPS) is 11.4.